The second-order valence-electron chi connectivity index (χ2n) is 3.38. The van der Waals surface area contributed by atoms with Crippen LogP contribution in [0.2, 0.25) is 5.15 Å². The molecule has 94 valence electrons. The average Bonchev–Trinajstić information content (AvgIpc) is 2.72. The van der Waals surface area contributed by atoms with E-state index in [0.29, 0.717) is 0 Å². The number of hydrogen-bond donors (Lipinski definition) is 0. The lowest BCUT2D eigenvalue weighted by molar-refractivity contribution is -0.384. The van der Waals surface area contributed by atoms with Gasteiger partial charge in [0, 0.05) is 18.2 Å². The van der Waals surface area contributed by atoms with E-state index in [2.05, 4.69) is 5.10 Å². The summed E-state index contributed by atoms with van der Waals surface area (Å²) in [4.78, 5) is 10.0. The quantitative estimate of drug-likeness (QED) is 0.636. The average molecular weight is 274 g/mol. The van der Waals surface area contributed by atoms with Crippen molar-refractivity contribution in [3.05, 3.63) is 51.3 Å². The van der Waals surface area contributed by atoms with Gasteiger partial charge in [0.2, 0.25) is 0 Å². The third-order valence-electron chi connectivity index (χ3n) is 2.19. The maximum absolute atomic E-state index is 12.4. The monoisotopic (exact) mass is 273 g/mol. The molecule has 18 heavy (non-hydrogen) atoms. The SMILES string of the molecule is O=[N+]([O-])c1cccc(-n2nc(C(F)F)cc2Cl)c1. The third kappa shape index (κ3) is 2.30. The van der Waals surface area contributed by atoms with Gasteiger partial charge in [-0.15, -0.1) is 0 Å². The van der Waals surface area contributed by atoms with Crippen molar-refractivity contribution in [2.75, 3.05) is 0 Å². The van der Waals surface area contributed by atoms with Crippen molar-refractivity contribution in [3.63, 3.8) is 0 Å². The molecular weight excluding hydrogens is 268 g/mol. The Bertz CT molecular complexity index is 601. The fourth-order valence-electron chi connectivity index (χ4n) is 1.40. The van der Waals surface area contributed by atoms with Crippen LogP contribution in [0.4, 0.5) is 14.5 Å². The molecule has 0 aliphatic rings. The third-order valence-corrected chi connectivity index (χ3v) is 2.46. The van der Waals surface area contributed by atoms with E-state index in [0.717, 1.165) is 10.7 Å². The number of nitrogens with zero attached hydrogens (tertiary/aromatic N) is 3. The summed E-state index contributed by atoms with van der Waals surface area (Å²) in [6, 6.07) is 6.42. The molecule has 0 amide bonds. The normalized spacial score (nSPS) is 10.9. The summed E-state index contributed by atoms with van der Waals surface area (Å²) in [5, 5.41) is 14.2. The van der Waals surface area contributed by atoms with Crippen molar-refractivity contribution >= 4 is 17.3 Å². The van der Waals surface area contributed by atoms with Crippen molar-refractivity contribution in [1.29, 1.82) is 0 Å². The highest BCUT2D eigenvalue weighted by atomic mass is 35.5. The number of rotatable bonds is 3. The minimum Gasteiger partial charge on any atom is -0.258 e. The number of halogens is 3. The molecule has 0 fully saturated rings. The molecule has 0 bridgehead atoms. The second kappa shape index (κ2) is 4.69. The minimum absolute atomic E-state index is 0.0363. The van der Waals surface area contributed by atoms with Gasteiger partial charge in [-0.05, 0) is 6.07 Å². The molecule has 0 spiro atoms. The molecule has 0 atom stereocenters. The van der Waals surface area contributed by atoms with Gasteiger partial charge in [0.15, 0.2) is 0 Å². The molecule has 1 aromatic carbocycles. The second-order valence-corrected chi connectivity index (χ2v) is 3.77. The minimum atomic E-state index is -2.75. The van der Waals surface area contributed by atoms with E-state index in [9.17, 15) is 18.9 Å². The summed E-state index contributed by atoms with van der Waals surface area (Å²) in [5.74, 6) is 0. The van der Waals surface area contributed by atoms with Crippen LogP contribution in [0.25, 0.3) is 5.69 Å². The van der Waals surface area contributed by atoms with Gasteiger partial charge in [-0.3, -0.25) is 10.1 Å². The highest BCUT2D eigenvalue weighted by Gasteiger charge is 2.16. The van der Waals surface area contributed by atoms with Gasteiger partial charge in [0.25, 0.3) is 12.1 Å². The summed E-state index contributed by atoms with van der Waals surface area (Å²) >= 11 is 5.75. The Hall–Kier alpha value is -2.02. The standard InChI is InChI=1S/C10H6ClF2N3O2/c11-9-5-8(10(12)13)14-15(9)6-2-1-3-7(4-6)16(17)18/h1-5,10H. The van der Waals surface area contributed by atoms with E-state index in [1.807, 2.05) is 0 Å². The molecular formula is C10H6ClF2N3O2. The molecule has 2 aromatic rings. The van der Waals surface area contributed by atoms with Gasteiger partial charge in [-0.25, -0.2) is 13.5 Å². The molecule has 1 heterocycles. The molecule has 0 aliphatic heterocycles. The molecule has 1 aromatic heterocycles. The highest BCUT2D eigenvalue weighted by Crippen LogP contribution is 2.25. The van der Waals surface area contributed by atoms with Crippen molar-refractivity contribution in [2.24, 2.45) is 0 Å². The lowest BCUT2D eigenvalue weighted by Crippen LogP contribution is -1.99. The summed E-state index contributed by atoms with van der Waals surface area (Å²) < 4.78 is 25.9. The van der Waals surface area contributed by atoms with Crippen molar-refractivity contribution in [1.82, 2.24) is 9.78 Å². The Morgan fingerprint density at radius 2 is 2.11 bits per heavy atom. The fraction of sp³-hybridized carbons (Fsp3) is 0.100. The number of nitro benzene ring substituents is 1. The predicted molar refractivity (Wildman–Crippen MR) is 60.2 cm³/mol. The van der Waals surface area contributed by atoms with Crippen LogP contribution in [0.3, 0.4) is 0 Å². The molecule has 8 heteroatoms. The van der Waals surface area contributed by atoms with E-state index < -0.39 is 17.0 Å². The van der Waals surface area contributed by atoms with E-state index in [1.54, 1.807) is 0 Å². The zero-order valence-electron chi connectivity index (χ0n) is 8.76. The molecule has 0 N–H and O–H groups in total. The fourth-order valence-corrected chi connectivity index (χ4v) is 1.65. The summed E-state index contributed by atoms with van der Waals surface area (Å²) in [7, 11) is 0. The van der Waals surface area contributed by atoms with Crippen molar-refractivity contribution < 1.29 is 13.7 Å². The van der Waals surface area contributed by atoms with Crippen LogP contribution in [0, 0.1) is 10.1 Å². The molecule has 5 nitrogen and oxygen atoms in total. The predicted octanol–water partition coefficient (Wildman–Crippen LogP) is 3.37. The molecule has 0 unspecified atom stereocenters. The zero-order chi connectivity index (χ0) is 13.3. The zero-order valence-corrected chi connectivity index (χ0v) is 9.51. The molecule has 0 saturated heterocycles. The molecule has 2 rings (SSSR count). The lowest BCUT2D eigenvalue weighted by Gasteiger charge is -2.02. The first kappa shape index (κ1) is 12.4. The van der Waals surface area contributed by atoms with Crippen LogP contribution in [0.1, 0.15) is 12.1 Å². The van der Waals surface area contributed by atoms with Crippen LogP contribution in [-0.2, 0) is 0 Å². The number of benzene rings is 1. The van der Waals surface area contributed by atoms with Gasteiger partial charge in [0.05, 0.1) is 10.6 Å². The summed E-state index contributed by atoms with van der Waals surface area (Å²) in [6.45, 7) is 0. The maximum atomic E-state index is 12.4. The topological polar surface area (TPSA) is 61.0 Å². The van der Waals surface area contributed by atoms with Gasteiger partial charge in [-0.2, -0.15) is 5.10 Å². The smallest absolute Gasteiger partial charge is 0.258 e. The maximum Gasteiger partial charge on any atom is 0.282 e. The number of non-ortho nitro benzene ring substituents is 1. The van der Waals surface area contributed by atoms with E-state index in [-0.39, 0.29) is 16.5 Å². The highest BCUT2D eigenvalue weighted by molar-refractivity contribution is 6.29. The van der Waals surface area contributed by atoms with E-state index in [1.165, 1.54) is 24.3 Å². The van der Waals surface area contributed by atoms with Gasteiger partial charge < -0.3 is 0 Å². The van der Waals surface area contributed by atoms with Crippen molar-refractivity contribution in [2.45, 2.75) is 6.43 Å². The number of nitro groups is 1. The van der Waals surface area contributed by atoms with Crippen LogP contribution in [0.15, 0.2) is 30.3 Å². The van der Waals surface area contributed by atoms with Crippen LogP contribution in [-0.4, -0.2) is 14.7 Å². The number of aromatic nitrogens is 2. The van der Waals surface area contributed by atoms with Gasteiger partial charge >= 0.3 is 0 Å². The first-order chi connectivity index (χ1) is 8.49. The van der Waals surface area contributed by atoms with Gasteiger partial charge in [0.1, 0.15) is 10.8 Å². The van der Waals surface area contributed by atoms with E-state index >= 15 is 0 Å². The number of hydrogen-bond acceptors (Lipinski definition) is 3. The van der Waals surface area contributed by atoms with Gasteiger partial charge in [-0.1, -0.05) is 17.7 Å². The Labute approximate surface area is 105 Å². The van der Waals surface area contributed by atoms with Crippen LogP contribution >= 0.6 is 11.6 Å². The van der Waals surface area contributed by atoms with Crippen molar-refractivity contribution in [3.8, 4) is 5.69 Å². The lowest BCUT2D eigenvalue weighted by atomic mass is 10.3. The van der Waals surface area contributed by atoms with E-state index in [4.69, 9.17) is 11.6 Å². The summed E-state index contributed by atoms with van der Waals surface area (Å²) in [5.41, 5.74) is -0.398. The largest absolute Gasteiger partial charge is 0.282 e. The van der Waals surface area contributed by atoms with Crippen LogP contribution in [0.5, 0.6) is 0 Å². The Morgan fingerprint density at radius 3 is 2.67 bits per heavy atom. The first-order valence-electron chi connectivity index (χ1n) is 4.77. The molecule has 0 saturated carbocycles. The molecule has 0 aliphatic carbocycles. The van der Waals surface area contributed by atoms with Crippen LogP contribution < -0.4 is 0 Å². The first-order valence-corrected chi connectivity index (χ1v) is 5.15. The Morgan fingerprint density at radius 1 is 1.39 bits per heavy atom. The Balaban J connectivity index is 2.48. The summed E-state index contributed by atoms with van der Waals surface area (Å²) in [6.07, 6.45) is -2.75. The number of alkyl halides is 2. The molecule has 0 radical (unpaired) electrons. The Kier molecular flexibility index (Phi) is 3.24.